The molecule has 1 aliphatic rings. The second-order valence-corrected chi connectivity index (χ2v) is 3.95. The van der Waals surface area contributed by atoms with E-state index < -0.39 is 29.9 Å². The molecule has 1 atom stereocenters. The summed E-state index contributed by atoms with van der Waals surface area (Å²) in [6, 6.07) is 2.72. The lowest BCUT2D eigenvalue weighted by Gasteiger charge is -2.26. The van der Waals surface area contributed by atoms with Gasteiger partial charge in [-0.2, -0.15) is 0 Å². The van der Waals surface area contributed by atoms with Crippen LogP contribution in [0.15, 0.2) is 18.2 Å². The van der Waals surface area contributed by atoms with Gasteiger partial charge in [-0.1, -0.05) is 6.07 Å². The molecule has 19 heavy (non-hydrogen) atoms. The van der Waals surface area contributed by atoms with Crippen molar-refractivity contribution < 1.29 is 27.1 Å². The Hall–Kier alpha value is -1.83. The maximum atomic E-state index is 13.7. The molecule has 0 radical (unpaired) electrons. The van der Waals surface area contributed by atoms with Crippen molar-refractivity contribution in [3.8, 4) is 5.75 Å². The average Bonchev–Trinajstić information content (AvgIpc) is 2.19. The van der Waals surface area contributed by atoms with E-state index in [9.17, 15) is 22.4 Å². The highest BCUT2D eigenvalue weighted by Crippen LogP contribution is 2.29. The van der Waals surface area contributed by atoms with Gasteiger partial charge in [0.1, 0.15) is 0 Å². The van der Waals surface area contributed by atoms with Crippen LogP contribution in [0.2, 0.25) is 0 Å². The monoisotopic (exact) mass is 278 g/mol. The number of carbonyl (C=O) groups excluding carboxylic acids is 1. The number of halogens is 4. The van der Waals surface area contributed by atoms with Gasteiger partial charge < -0.3 is 15.4 Å². The van der Waals surface area contributed by atoms with Crippen molar-refractivity contribution in [1.29, 1.82) is 0 Å². The third-order valence-corrected chi connectivity index (χ3v) is 2.59. The summed E-state index contributed by atoms with van der Waals surface area (Å²) in [4.78, 5) is 11.5. The van der Waals surface area contributed by atoms with Crippen LogP contribution in [-0.2, 0) is 4.79 Å². The normalized spacial score (nSPS) is 18.6. The van der Waals surface area contributed by atoms with Crippen LogP contribution in [0.5, 0.6) is 5.75 Å². The summed E-state index contributed by atoms with van der Waals surface area (Å²) in [7, 11) is 0. The van der Waals surface area contributed by atoms with Crippen molar-refractivity contribution in [1.82, 2.24) is 5.32 Å². The molecule has 1 fully saturated rings. The lowest BCUT2D eigenvalue weighted by Crippen LogP contribution is -2.50. The van der Waals surface area contributed by atoms with Crippen LogP contribution in [0.4, 0.5) is 23.2 Å². The number of alkyl halides is 3. The zero-order chi connectivity index (χ0) is 14.0. The Balaban J connectivity index is 2.12. The van der Waals surface area contributed by atoms with Gasteiger partial charge in [-0.05, 0) is 25.1 Å². The molecule has 1 aliphatic heterocycles. The Morgan fingerprint density at radius 2 is 2.11 bits per heavy atom. The molecule has 1 aromatic carbocycles. The molecule has 1 heterocycles. The molecule has 1 saturated heterocycles. The Labute approximate surface area is 105 Å². The van der Waals surface area contributed by atoms with E-state index in [0.717, 1.165) is 18.2 Å². The van der Waals surface area contributed by atoms with Crippen LogP contribution < -0.4 is 15.4 Å². The van der Waals surface area contributed by atoms with Gasteiger partial charge >= 0.3 is 6.36 Å². The van der Waals surface area contributed by atoms with Crippen LogP contribution >= 0.6 is 0 Å². The van der Waals surface area contributed by atoms with Crippen LogP contribution in [0.1, 0.15) is 6.42 Å². The maximum absolute atomic E-state index is 13.7. The molecule has 1 amide bonds. The second kappa shape index (κ2) is 5.04. The minimum atomic E-state index is -4.99. The SMILES string of the molecule is O=C(Nc1cccc(OC(F)(F)F)c1F)C1CCN1. The fourth-order valence-corrected chi connectivity index (χ4v) is 1.54. The Kier molecular flexibility index (Phi) is 3.61. The molecule has 4 nitrogen and oxygen atoms in total. The number of amides is 1. The predicted octanol–water partition coefficient (Wildman–Crippen LogP) is 2.02. The summed E-state index contributed by atoms with van der Waals surface area (Å²) >= 11 is 0. The number of hydrogen-bond acceptors (Lipinski definition) is 3. The molecule has 104 valence electrons. The van der Waals surface area contributed by atoms with Crippen molar-refractivity contribution >= 4 is 11.6 Å². The number of ether oxygens (including phenoxy) is 1. The van der Waals surface area contributed by atoms with Crippen molar-refractivity contribution in [3.05, 3.63) is 24.0 Å². The molecule has 2 N–H and O–H groups in total. The first-order valence-electron chi connectivity index (χ1n) is 5.45. The summed E-state index contributed by atoms with van der Waals surface area (Å²) in [5.74, 6) is -2.73. The molecule has 8 heteroatoms. The zero-order valence-corrected chi connectivity index (χ0v) is 9.55. The van der Waals surface area contributed by atoms with Crippen molar-refractivity contribution in [2.24, 2.45) is 0 Å². The third-order valence-electron chi connectivity index (χ3n) is 2.59. The van der Waals surface area contributed by atoms with E-state index in [4.69, 9.17) is 0 Å². The molecule has 1 unspecified atom stereocenters. The van der Waals surface area contributed by atoms with Crippen LogP contribution in [0.3, 0.4) is 0 Å². The van der Waals surface area contributed by atoms with Gasteiger partial charge in [0.15, 0.2) is 11.6 Å². The number of carbonyl (C=O) groups is 1. The number of benzene rings is 1. The smallest absolute Gasteiger partial charge is 0.403 e. The number of anilines is 1. The van der Waals surface area contributed by atoms with Crippen molar-refractivity contribution in [3.63, 3.8) is 0 Å². The molecule has 0 saturated carbocycles. The maximum Gasteiger partial charge on any atom is 0.573 e. The van der Waals surface area contributed by atoms with Crippen LogP contribution in [0.25, 0.3) is 0 Å². The van der Waals surface area contributed by atoms with E-state index in [0.29, 0.717) is 13.0 Å². The quantitative estimate of drug-likeness (QED) is 0.832. The van der Waals surface area contributed by atoms with E-state index in [-0.39, 0.29) is 5.69 Å². The van der Waals surface area contributed by atoms with Gasteiger partial charge in [0.2, 0.25) is 5.91 Å². The topological polar surface area (TPSA) is 50.4 Å². The number of nitrogens with one attached hydrogen (secondary N) is 2. The Bertz CT molecular complexity index is 486. The fourth-order valence-electron chi connectivity index (χ4n) is 1.54. The third kappa shape index (κ3) is 3.34. The van der Waals surface area contributed by atoms with E-state index in [1.807, 2.05) is 0 Å². The molecule has 0 spiro atoms. The first kappa shape index (κ1) is 13.6. The highest BCUT2D eigenvalue weighted by molar-refractivity contribution is 5.95. The van der Waals surface area contributed by atoms with Crippen molar-refractivity contribution in [2.75, 3.05) is 11.9 Å². The van der Waals surface area contributed by atoms with Gasteiger partial charge in [-0.15, -0.1) is 13.2 Å². The molecule has 2 rings (SSSR count). The number of rotatable bonds is 3. The van der Waals surface area contributed by atoms with Crippen molar-refractivity contribution in [2.45, 2.75) is 18.8 Å². The molecular weight excluding hydrogens is 268 g/mol. The van der Waals surface area contributed by atoms with Crippen LogP contribution in [-0.4, -0.2) is 24.9 Å². The molecule has 1 aromatic rings. The van der Waals surface area contributed by atoms with Gasteiger partial charge in [0.25, 0.3) is 0 Å². The average molecular weight is 278 g/mol. The van der Waals surface area contributed by atoms with E-state index >= 15 is 0 Å². The first-order chi connectivity index (χ1) is 8.87. The second-order valence-electron chi connectivity index (χ2n) is 3.95. The summed E-state index contributed by atoms with van der Waals surface area (Å²) in [6.07, 6.45) is -4.38. The highest BCUT2D eigenvalue weighted by atomic mass is 19.4. The Morgan fingerprint density at radius 3 is 2.63 bits per heavy atom. The highest BCUT2D eigenvalue weighted by Gasteiger charge is 2.33. The summed E-state index contributed by atoms with van der Waals surface area (Å²) in [6.45, 7) is 0.678. The summed E-state index contributed by atoms with van der Waals surface area (Å²) in [5, 5.41) is 5.01. The standard InChI is InChI=1S/C11H10F4N2O2/c12-9-6(17-10(18)7-4-5-16-7)2-1-3-8(9)19-11(13,14)15/h1-3,7,16H,4-5H2,(H,17,18). The summed E-state index contributed by atoms with van der Waals surface area (Å²) < 4.78 is 53.3. The van der Waals surface area contributed by atoms with Gasteiger partial charge in [-0.3, -0.25) is 4.79 Å². The molecule has 0 aromatic heterocycles. The van der Waals surface area contributed by atoms with Crippen LogP contribution in [0, 0.1) is 5.82 Å². The lowest BCUT2D eigenvalue weighted by atomic mass is 10.1. The summed E-state index contributed by atoms with van der Waals surface area (Å²) in [5.41, 5.74) is -0.347. The number of hydrogen-bond donors (Lipinski definition) is 2. The van der Waals surface area contributed by atoms with E-state index in [1.165, 1.54) is 0 Å². The Morgan fingerprint density at radius 1 is 1.42 bits per heavy atom. The zero-order valence-electron chi connectivity index (χ0n) is 9.55. The minimum Gasteiger partial charge on any atom is -0.403 e. The van der Waals surface area contributed by atoms with Gasteiger partial charge in [-0.25, -0.2) is 4.39 Å². The van der Waals surface area contributed by atoms with E-state index in [1.54, 1.807) is 0 Å². The minimum absolute atomic E-state index is 0.347. The van der Waals surface area contributed by atoms with Gasteiger partial charge in [0.05, 0.1) is 11.7 Å². The predicted molar refractivity (Wildman–Crippen MR) is 58.1 cm³/mol. The first-order valence-corrected chi connectivity index (χ1v) is 5.45. The van der Waals surface area contributed by atoms with E-state index in [2.05, 4.69) is 15.4 Å². The fraction of sp³-hybridized carbons (Fsp3) is 0.364. The molecule has 0 aliphatic carbocycles. The largest absolute Gasteiger partial charge is 0.573 e. The molecule has 0 bridgehead atoms. The van der Waals surface area contributed by atoms with Gasteiger partial charge in [0, 0.05) is 0 Å². The lowest BCUT2D eigenvalue weighted by molar-refractivity contribution is -0.275. The molecular formula is C11H10F4N2O2.